The third-order valence-corrected chi connectivity index (χ3v) is 2.82. The van der Waals surface area contributed by atoms with Crippen molar-refractivity contribution in [2.75, 3.05) is 0 Å². The van der Waals surface area contributed by atoms with E-state index in [1.807, 2.05) is 31.4 Å². The Balaban J connectivity index is 2.55. The Morgan fingerprint density at radius 3 is 2.71 bits per heavy atom. The molecule has 72 valence electrons. The minimum absolute atomic E-state index is 0.293. The number of aromatic hydroxyl groups is 1. The second-order valence-electron chi connectivity index (χ2n) is 3.27. The molecule has 1 aromatic heterocycles. The lowest BCUT2D eigenvalue weighted by atomic mass is 10.1. The molecule has 0 bridgehead atoms. The van der Waals surface area contributed by atoms with Gasteiger partial charge in [-0.25, -0.2) is 4.98 Å². The molecular formula is C11H11NOS. The van der Waals surface area contributed by atoms with Crippen LogP contribution in [0.3, 0.4) is 0 Å². The first-order chi connectivity index (χ1) is 6.66. The molecule has 0 spiro atoms. The van der Waals surface area contributed by atoms with Crippen molar-refractivity contribution >= 4 is 11.3 Å². The quantitative estimate of drug-likeness (QED) is 0.775. The molecule has 0 atom stereocenters. The van der Waals surface area contributed by atoms with Gasteiger partial charge >= 0.3 is 0 Å². The van der Waals surface area contributed by atoms with E-state index >= 15 is 0 Å². The highest BCUT2D eigenvalue weighted by molar-refractivity contribution is 7.09. The summed E-state index contributed by atoms with van der Waals surface area (Å²) in [6.45, 7) is 3.96. The van der Waals surface area contributed by atoms with Gasteiger partial charge in [-0.05, 0) is 26.0 Å². The highest BCUT2D eigenvalue weighted by Gasteiger charge is 2.07. The van der Waals surface area contributed by atoms with Crippen LogP contribution >= 0.6 is 11.3 Å². The Kier molecular flexibility index (Phi) is 2.25. The van der Waals surface area contributed by atoms with Crippen LogP contribution in [0.5, 0.6) is 5.75 Å². The van der Waals surface area contributed by atoms with Crippen LogP contribution in [-0.4, -0.2) is 10.1 Å². The number of benzene rings is 1. The lowest BCUT2D eigenvalue weighted by Gasteiger charge is -2.01. The topological polar surface area (TPSA) is 33.1 Å². The number of thiazole rings is 1. The molecule has 0 radical (unpaired) electrons. The molecule has 14 heavy (non-hydrogen) atoms. The molecule has 1 N–H and O–H groups in total. The van der Waals surface area contributed by atoms with Crippen LogP contribution < -0.4 is 0 Å². The molecule has 1 aromatic carbocycles. The van der Waals surface area contributed by atoms with Gasteiger partial charge in [-0.15, -0.1) is 11.3 Å². The van der Waals surface area contributed by atoms with Gasteiger partial charge < -0.3 is 5.11 Å². The maximum Gasteiger partial charge on any atom is 0.125 e. The van der Waals surface area contributed by atoms with E-state index in [1.54, 1.807) is 17.4 Å². The molecule has 0 unspecified atom stereocenters. The first kappa shape index (κ1) is 9.21. The Bertz CT molecular complexity index is 462. The summed E-state index contributed by atoms with van der Waals surface area (Å²) in [5.74, 6) is 0.293. The number of hydrogen-bond acceptors (Lipinski definition) is 3. The van der Waals surface area contributed by atoms with E-state index in [-0.39, 0.29) is 0 Å². The van der Waals surface area contributed by atoms with Crippen LogP contribution in [0.4, 0.5) is 0 Å². The van der Waals surface area contributed by atoms with Crippen LogP contribution in [0.1, 0.15) is 10.6 Å². The van der Waals surface area contributed by atoms with Gasteiger partial charge in [0.1, 0.15) is 5.75 Å². The molecule has 0 fully saturated rings. The van der Waals surface area contributed by atoms with Crippen LogP contribution in [0.2, 0.25) is 0 Å². The summed E-state index contributed by atoms with van der Waals surface area (Å²) in [5.41, 5.74) is 2.80. The maximum atomic E-state index is 9.66. The standard InChI is InChI=1S/C11H11NOS/c1-7-3-4-11(13)9(5-7)10-6-14-8(2)12-10/h3-6,13H,1-2H3. The molecule has 2 rings (SSSR count). The zero-order valence-electron chi connectivity index (χ0n) is 8.11. The number of phenolic OH excluding ortho intramolecular Hbond substituents is 1. The van der Waals surface area contributed by atoms with Crippen molar-refractivity contribution in [1.29, 1.82) is 0 Å². The van der Waals surface area contributed by atoms with E-state index in [0.717, 1.165) is 21.8 Å². The largest absolute Gasteiger partial charge is 0.507 e. The van der Waals surface area contributed by atoms with Crippen molar-refractivity contribution in [2.45, 2.75) is 13.8 Å². The number of phenols is 1. The van der Waals surface area contributed by atoms with Gasteiger partial charge in [0, 0.05) is 10.9 Å². The Labute approximate surface area is 86.9 Å². The van der Waals surface area contributed by atoms with Gasteiger partial charge in [-0.1, -0.05) is 11.6 Å². The predicted octanol–water partition coefficient (Wildman–Crippen LogP) is 3.13. The molecule has 0 aliphatic rings. The van der Waals surface area contributed by atoms with Crippen molar-refractivity contribution < 1.29 is 5.11 Å². The third-order valence-electron chi connectivity index (χ3n) is 2.05. The van der Waals surface area contributed by atoms with E-state index in [1.165, 1.54) is 0 Å². The summed E-state index contributed by atoms with van der Waals surface area (Å²) in [6.07, 6.45) is 0. The van der Waals surface area contributed by atoms with Gasteiger partial charge in [-0.2, -0.15) is 0 Å². The van der Waals surface area contributed by atoms with E-state index in [2.05, 4.69) is 4.98 Å². The second kappa shape index (κ2) is 3.42. The summed E-state index contributed by atoms with van der Waals surface area (Å²) >= 11 is 1.59. The molecule has 2 aromatic rings. The smallest absolute Gasteiger partial charge is 0.125 e. The molecule has 0 saturated heterocycles. The van der Waals surface area contributed by atoms with E-state index in [9.17, 15) is 5.11 Å². The summed E-state index contributed by atoms with van der Waals surface area (Å²) in [5, 5.41) is 12.6. The molecule has 3 heteroatoms. The number of aryl methyl sites for hydroxylation is 2. The zero-order valence-corrected chi connectivity index (χ0v) is 8.93. The van der Waals surface area contributed by atoms with Crippen molar-refractivity contribution in [3.05, 3.63) is 34.2 Å². The normalized spacial score (nSPS) is 10.4. The SMILES string of the molecule is Cc1ccc(O)c(-c2csc(C)n2)c1. The maximum absolute atomic E-state index is 9.66. The van der Waals surface area contributed by atoms with Gasteiger partial charge in [0.05, 0.1) is 10.7 Å². The van der Waals surface area contributed by atoms with Gasteiger partial charge in [-0.3, -0.25) is 0 Å². The van der Waals surface area contributed by atoms with Crippen molar-refractivity contribution in [2.24, 2.45) is 0 Å². The van der Waals surface area contributed by atoms with E-state index in [0.29, 0.717) is 5.75 Å². The summed E-state index contributed by atoms with van der Waals surface area (Å²) in [4.78, 5) is 4.34. The average Bonchev–Trinajstić information content (AvgIpc) is 2.56. The van der Waals surface area contributed by atoms with Gasteiger partial charge in [0.2, 0.25) is 0 Å². The minimum Gasteiger partial charge on any atom is -0.507 e. The second-order valence-corrected chi connectivity index (χ2v) is 4.33. The van der Waals surface area contributed by atoms with Crippen molar-refractivity contribution in [3.63, 3.8) is 0 Å². The van der Waals surface area contributed by atoms with Crippen molar-refractivity contribution in [1.82, 2.24) is 4.98 Å². The first-order valence-electron chi connectivity index (χ1n) is 4.39. The summed E-state index contributed by atoms with van der Waals surface area (Å²) < 4.78 is 0. The fourth-order valence-electron chi connectivity index (χ4n) is 1.34. The molecule has 0 amide bonds. The lowest BCUT2D eigenvalue weighted by Crippen LogP contribution is -1.81. The Morgan fingerprint density at radius 1 is 1.29 bits per heavy atom. The molecule has 2 nitrogen and oxygen atoms in total. The molecular weight excluding hydrogens is 194 g/mol. The first-order valence-corrected chi connectivity index (χ1v) is 5.27. The Morgan fingerprint density at radius 2 is 2.07 bits per heavy atom. The highest BCUT2D eigenvalue weighted by Crippen LogP contribution is 2.30. The number of aromatic nitrogens is 1. The molecule has 0 aliphatic carbocycles. The number of hydrogen-bond donors (Lipinski definition) is 1. The summed E-state index contributed by atoms with van der Waals surface area (Å²) in [6, 6.07) is 5.54. The average molecular weight is 205 g/mol. The van der Waals surface area contributed by atoms with Crippen LogP contribution in [0.15, 0.2) is 23.6 Å². The van der Waals surface area contributed by atoms with Gasteiger partial charge in [0.15, 0.2) is 0 Å². The fourth-order valence-corrected chi connectivity index (χ4v) is 1.96. The third kappa shape index (κ3) is 1.63. The lowest BCUT2D eigenvalue weighted by molar-refractivity contribution is 0.477. The monoisotopic (exact) mass is 205 g/mol. The number of nitrogens with zero attached hydrogens (tertiary/aromatic N) is 1. The van der Waals surface area contributed by atoms with Gasteiger partial charge in [0.25, 0.3) is 0 Å². The van der Waals surface area contributed by atoms with Crippen LogP contribution in [0, 0.1) is 13.8 Å². The number of rotatable bonds is 1. The fraction of sp³-hybridized carbons (Fsp3) is 0.182. The Hall–Kier alpha value is -1.35. The molecule has 1 heterocycles. The summed E-state index contributed by atoms with van der Waals surface area (Å²) in [7, 11) is 0. The highest BCUT2D eigenvalue weighted by atomic mass is 32.1. The zero-order chi connectivity index (χ0) is 10.1. The predicted molar refractivity (Wildman–Crippen MR) is 58.7 cm³/mol. The van der Waals surface area contributed by atoms with Crippen LogP contribution in [-0.2, 0) is 0 Å². The van der Waals surface area contributed by atoms with Crippen LogP contribution in [0.25, 0.3) is 11.3 Å². The molecule has 0 saturated carbocycles. The van der Waals surface area contributed by atoms with E-state index < -0.39 is 0 Å². The molecule has 0 aliphatic heterocycles. The van der Waals surface area contributed by atoms with Crippen molar-refractivity contribution in [3.8, 4) is 17.0 Å². The minimum atomic E-state index is 0.293. The van der Waals surface area contributed by atoms with E-state index in [4.69, 9.17) is 0 Å².